The lowest BCUT2D eigenvalue weighted by Gasteiger charge is -2.10. The fourth-order valence-corrected chi connectivity index (χ4v) is 2.09. The van der Waals surface area contributed by atoms with Crippen LogP contribution in [0.25, 0.3) is 0 Å². The zero-order valence-electron chi connectivity index (χ0n) is 9.75. The molecule has 2 rings (SSSR count). The lowest BCUT2D eigenvalue weighted by molar-refractivity contribution is 0.102. The smallest absolute Gasteiger partial charge is 0.259 e. The number of nitrogens with one attached hydrogen (secondary N) is 1. The molecule has 104 valence electrons. The second-order valence-corrected chi connectivity index (χ2v) is 4.67. The Balaban J connectivity index is 2.33. The summed E-state index contributed by atoms with van der Waals surface area (Å²) in [4.78, 5) is 11.9. The lowest BCUT2D eigenvalue weighted by atomic mass is 10.1. The van der Waals surface area contributed by atoms with E-state index in [0.717, 1.165) is 30.3 Å². The fraction of sp³-hybridized carbons (Fsp3) is 0. The Labute approximate surface area is 122 Å². The van der Waals surface area contributed by atoms with Crippen LogP contribution in [-0.2, 0) is 0 Å². The molecule has 0 saturated carbocycles. The summed E-state index contributed by atoms with van der Waals surface area (Å²) >= 11 is 11.5. The van der Waals surface area contributed by atoms with Gasteiger partial charge in [-0.15, -0.1) is 0 Å². The van der Waals surface area contributed by atoms with E-state index in [0.29, 0.717) is 0 Å². The number of benzene rings is 2. The first-order chi connectivity index (χ1) is 9.38. The molecule has 2 N–H and O–H groups in total. The third-order valence-electron chi connectivity index (χ3n) is 2.45. The number of halogens is 4. The number of phenols is 1. The third-order valence-corrected chi connectivity index (χ3v) is 3.05. The van der Waals surface area contributed by atoms with Crippen LogP contribution in [0.5, 0.6) is 5.75 Å². The minimum Gasteiger partial charge on any atom is -0.507 e. The van der Waals surface area contributed by atoms with Gasteiger partial charge in [0.05, 0.1) is 21.3 Å². The highest BCUT2D eigenvalue weighted by molar-refractivity contribution is 6.40. The summed E-state index contributed by atoms with van der Waals surface area (Å²) in [6, 6.07) is 4.87. The molecule has 0 fully saturated rings. The van der Waals surface area contributed by atoms with Gasteiger partial charge in [0.15, 0.2) is 0 Å². The van der Waals surface area contributed by atoms with Gasteiger partial charge in [-0.3, -0.25) is 4.79 Å². The molecule has 2 aromatic rings. The molecule has 0 atom stereocenters. The van der Waals surface area contributed by atoms with Gasteiger partial charge in [-0.25, -0.2) is 8.78 Å². The minimum atomic E-state index is -0.752. The molecule has 0 radical (unpaired) electrons. The van der Waals surface area contributed by atoms with E-state index >= 15 is 0 Å². The molecule has 20 heavy (non-hydrogen) atoms. The molecule has 0 saturated heterocycles. The SMILES string of the molecule is O=C(Nc1c(Cl)cc(F)cc1Cl)c1ccc(F)cc1O. The number of hydrogen-bond donors (Lipinski definition) is 2. The van der Waals surface area contributed by atoms with Crippen LogP contribution >= 0.6 is 23.2 Å². The Morgan fingerprint density at radius 3 is 2.20 bits per heavy atom. The molecule has 3 nitrogen and oxygen atoms in total. The fourth-order valence-electron chi connectivity index (χ4n) is 1.54. The molecule has 0 unspecified atom stereocenters. The van der Waals surface area contributed by atoms with Gasteiger partial charge in [0, 0.05) is 6.07 Å². The average molecular weight is 318 g/mol. The predicted octanol–water partition coefficient (Wildman–Crippen LogP) is 4.23. The molecular formula is C13H7Cl2F2NO2. The third kappa shape index (κ3) is 3.00. The standard InChI is InChI=1S/C13H7Cl2F2NO2/c14-9-3-7(17)4-10(15)12(9)18-13(20)8-2-1-6(16)5-11(8)19/h1-5,19H,(H,18,20). The van der Waals surface area contributed by atoms with Crippen molar-refractivity contribution >= 4 is 34.8 Å². The number of amides is 1. The van der Waals surface area contributed by atoms with E-state index in [4.69, 9.17) is 23.2 Å². The summed E-state index contributed by atoms with van der Waals surface area (Å²) in [6.07, 6.45) is 0. The van der Waals surface area contributed by atoms with Crippen LogP contribution in [0.15, 0.2) is 30.3 Å². The molecule has 0 aliphatic carbocycles. The van der Waals surface area contributed by atoms with Crippen LogP contribution in [0.2, 0.25) is 10.0 Å². The van der Waals surface area contributed by atoms with Crippen molar-refractivity contribution in [3.8, 4) is 5.75 Å². The first kappa shape index (κ1) is 14.6. The number of carbonyl (C=O) groups is 1. The van der Waals surface area contributed by atoms with Gasteiger partial charge in [-0.05, 0) is 24.3 Å². The largest absolute Gasteiger partial charge is 0.507 e. The highest BCUT2D eigenvalue weighted by Crippen LogP contribution is 2.32. The number of anilines is 1. The Morgan fingerprint density at radius 2 is 1.65 bits per heavy atom. The summed E-state index contributed by atoms with van der Waals surface area (Å²) in [7, 11) is 0. The van der Waals surface area contributed by atoms with Gasteiger partial charge in [-0.2, -0.15) is 0 Å². The van der Waals surface area contributed by atoms with Crippen molar-refractivity contribution in [3.05, 3.63) is 57.6 Å². The van der Waals surface area contributed by atoms with Crippen molar-refractivity contribution in [2.75, 3.05) is 5.32 Å². The second kappa shape index (κ2) is 5.64. The van der Waals surface area contributed by atoms with Gasteiger partial charge < -0.3 is 10.4 Å². The van der Waals surface area contributed by atoms with Crippen LogP contribution in [0.4, 0.5) is 14.5 Å². The minimum absolute atomic E-state index is 0.00320. The van der Waals surface area contributed by atoms with Crippen molar-refractivity contribution < 1.29 is 18.7 Å². The lowest BCUT2D eigenvalue weighted by Crippen LogP contribution is -2.13. The van der Waals surface area contributed by atoms with Gasteiger partial charge in [0.2, 0.25) is 0 Å². The highest BCUT2D eigenvalue weighted by Gasteiger charge is 2.16. The molecule has 0 aromatic heterocycles. The molecule has 7 heteroatoms. The maximum Gasteiger partial charge on any atom is 0.259 e. The average Bonchev–Trinajstić information content (AvgIpc) is 2.33. The monoisotopic (exact) mass is 317 g/mol. The molecule has 0 aliphatic rings. The number of carbonyl (C=O) groups excluding carboxylic acids is 1. The number of rotatable bonds is 2. The van der Waals surface area contributed by atoms with Crippen LogP contribution in [0, 0.1) is 11.6 Å². The van der Waals surface area contributed by atoms with Crippen LogP contribution in [0.3, 0.4) is 0 Å². The quantitative estimate of drug-likeness (QED) is 0.870. The number of aromatic hydroxyl groups is 1. The van der Waals surface area contributed by atoms with Crippen molar-refractivity contribution in [2.45, 2.75) is 0 Å². The number of phenolic OH excluding ortho intramolecular Hbond substituents is 1. The van der Waals surface area contributed by atoms with Crippen LogP contribution in [0.1, 0.15) is 10.4 Å². The van der Waals surface area contributed by atoms with E-state index < -0.39 is 23.3 Å². The van der Waals surface area contributed by atoms with Crippen molar-refractivity contribution in [1.82, 2.24) is 0 Å². The summed E-state index contributed by atoms with van der Waals surface area (Å²) in [5.74, 6) is -2.62. The van der Waals surface area contributed by atoms with E-state index in [1.54, 1.807) is 0 Å². The van der Waals surface area contributed by atoms with Crippen molar-refractivity contribution in [1.29, 1.82) is 0 Å². The Bertz CT molecular complexity index is 669. The van der Waals surface area contributed by atoms with E-state index in [1.807, 2.05) is 0 Å². The molecule has 2 aromatic carbocycles. The Hall–Kier alpha value is -1.85. The van der Waals surface area contributed by atoms with E-state index in [9.17, 15) is 18.7 Å². The molecule has 0 bridgehead atoms. The predicted molar refractivity (Wildman–Crippen MR) is 72.4 cm³/mol. The molecular weight excluding hydrogens is 311 g/mol. The summed E-state index contributed by atoms with van der Waals surface area (Å²) < 4.78 is 25.8. The maximum atomic E-state index is 13.0. The summed E-state index contributed by atoms with van der Waals surface area (Å²) in [6.45, 7) is 0. The van der Waals surface area contributed by atoms with Gasteiger partial charge >= 0.3 is 0 Å². The van der Waals surface area contributed by atoms with Crippen molar-refractivity contribution in [2.24, 2.45) is 0 Å². The van der Waals surface area contributed by atoms with Gasteiger partial charge in [-0.1, -0.05) is 23.2 Å². The van der Waals surface area contributed by atoms with Crippen molar-refractivity contribution in [3.63, 3.8) is 0 Å². The Kier molecular flexibility index (Phi) is 4.11. The number of hydrogen-bond acceptors (Lipinski definition) is 2. The summed E-state index contributed by atoms with van der Waals surface area (Å²) in [5, 5.41) is 11.6. The molecule has 1 amide bonds. The first-order valence-corrected chi connectivity index (χ1v) is 6.08. The normalized spacial score (nSPS) is 10.4. The van der Waals surface area contributed by atoms with Crippen LogP contribution in [-0.4, -0.2) is 11.0 Å². The maximum absolute atomic E-state index is 13.0. The van der Waals surface area contributed by atoms with Gasteiger partial charge in [0.25, 0.3) is 5.91 Å². The first-order valence-electron chi connectivity index (χ1n) is 5.33. The van der Waals surface area contributed by atoms with E-state index in [1.165, 1.54) is 0 Å². The Morgan fingerprint density at radius 1 is 1.05 bits per heavy atom. The van der Waals surface area contributed by atoms with Crippen LogP contribution < -0.4 is 5.32 Å². The topological polar surface area (TPSA) is 49.3 Å². The van der Waals surface area contributed by atoms with E-state index in [2.05, 4.69) is 5.32 Å². The molecule has 0 heterocycles. The zero-order chi connectivity index (χ0) is 14.9. The molecule has 0 aliphatic heterocycles. The van der Waals surface area contributed by atoms with E-state index in [-0.39, 0.29) is 21.3 Å². The summed E-state index contributed by atoms with van der Waals surface area (Å²) in [5.41, 5.74) is -0.161. The van der Waals surface area contributed by atoms with Gasteiger partial charge in [0.1, 0.15) is 17.4 Å². The molecule has 0 spiro atoms. The second-order valence-electron chi connectivity index (χ2n) is 3.86. The highest BCUT2D eigenvalue weighted by atomic mass is 35.5. The zero-order valence-corrected chi connectivity index (χ0v) is 11.3.